The summed E-state index contributed by atoms with van der Waals surface area (Å²) in [5.74, 6) is -0.569. The lowest BCUT2D eigenvalue weighted by Crippen LogP contribution is -2.43. The molecule has 0 atom stereocenters. The number of aromatic nitrogens is 1. The van der Waals surface area contributed by atoms with Gasteiger partial charge in [0.2, 0.25) is 0 Å². The van der Waals surface area contributed by atoms with Crippen LogP contribution in [0.4, 0.5) is 16.5 Å². The van der Waals surface area contributed by atoms with Crippen molar-refractivity contribution in [2.75, 3.05) is 144 Å². The van der Waals surface area contributed by atoms with Crippen molar-refractivity contribution >= 4 is 44.0 Å². The molecule has 0 saturated carbocycles. The predicted molar refractivity (Wildman–Crippen MR) is 202 cm³/mol. The summed E-state index contributed by atoms with van der Waals surface area (Å²) >= 11 is 1.32. The fourth-order valence-electron chi connectivity index (χ4n) is 4.96. The number of carboxylic acid groups (broad SMARTS) is 1. The van der Waals surface area contributed by atoms with Crippen molar-refractivity contribution in [3.05, 3.63) is 42.0 Å². The Bertz CT molecular complexity index is 1480. The van der Waals surface area contributed by atoms with E-state index in [0.717, 1.165) is 16.0 Å². The van der Waals surface area contributed by atoms with Gasteiger partial charge in [0.05, 0.1) is 142 Å². The SMILES string of the molecule is COc1ccc2c(c1)sc(N=Nc1ccc(N(CCOCCOCCOCCOCCO)CCOCCOCCOCCOCCO)cc1C)[n+]2CC(=O)[O-]. The molecule has 0 saturated heterocycles. The number of aliphatic hydroxyl groups is 2. The molecule has 2 aromatic carbocycles. The van der Waals surface area contributed by atoms with Crippen LogP contribution in [0.3, 0.4) is 0 Å². The van der Waals surface area contributed by atoms with Crippen molar-refractivity contribution in [3.63, 3.8) is 0 Å². The number of carboxylic acids is 1. The molecule has 0 radical (unpaired) electrons. The molecule has 55 heavy (non-hydrogen) atoms. The lowest BCUT2D eigenvalue weighted by Gasteiger charge is -2.25. The van der Waals surface area contributed by atoms with Crippen molar-refractivity contribution < 1.29 is 67.3 Å². The molecule has 0 unspecified atom stereocenters. The van der Waals surface area contributed by atoms with Gasteiger partial charge < -0.3 is 67.6 Å². The minimum atomic E-state index is -1.23. The van der Waals surface area contributed by atoms with Crippen LogP contribution in [-0.2, 0) is 49.2 Å². The highest BCUT2D eigenvalue weighted by atomic mass is 32.1. The Hall–Kier alpha value is -3.40. The summed E-state index contributed by atoms with van der Waals surface area (Å²) < 4.78 is 51.8. The normalized spacial score (nSPS) is 11.6. The molecule has 0 spiro atoms. The van der Waals surface area contributed by atoms with Crippen LogP contribution >= 0.6 is 11.3 Å². The van der Waals surface area contributed by atoms with Gasteiger partial charge in [-0.2, -0.15) is 0 Å². The Balaban J connectivity index is 1.52. The average molecular weight is 797 g/mol. The van der Waals surface area contributed by atoms with Gasteiger partial charge >= 0.3 is 5.13 Å². The molecule has 18 heteroatoms. The molecule has 0 aliphatic heterocycles. The number of hydrogen-bond donors (Lipinski definition) is 2. The zero-order chi connectivity index (χ0) is 39.4. The third-order valence-electron chi connectivity index (χ3n) is 7.68. The molecule has 0 amide bonds. The summed E-state index contributed by atoms with van der Waals surface area (Å²) in [6.45, 7) is 9.59. The number of methoxy groups -OCH3 is 1. The smallest absolute Gasteiger partial charge is 0.409 e. The highest BCUT2D eigenvalue weighted by Gasteiger charge is 2.21. The molecule has 0 aliphatic rings. The van der Waals surface area contributed by atoms with E-state index in [4.69, 9.17) is 52.8 Å². The van der Waals surface area contributed by atoms with E-state index in [0.29, 0.717) is 141 Å². The standard InChI is InChI=1S/C37H56N4O13S/c1-30-27-31(3-5-33(30)38-39-37-41(29-36(44)45)34-6-4-32(46-2)28-35(34)55-37)40(7-11-47-15-19-51-23-25-53-21-17-49-13-9-42)8-12-48-16-20-52-24-26-54-22-18-50-14-10-43/h3-6,27-28,42-43H,7-26,29H2,1-2H3. The maximum absolute atomic E-state index is 11.5. The van der Waals surface area contributed by atoms with Crippen molar-refractivity contribution in [2.24, 2.45) is 10.2 Å². The maximum Gasteiger partial charge on any atom is 0.409 e. The number of rotatable bonds is 34. The van der Waals surface area contributed by atoms with Crippen molar-refractivity contribution in [1.29, 1.82) is 0 Å². The number of carbonyl (C=O) groups excluding carboxylic acids is 1. The van der Waals surface area contributed by atoms with Crippen LogP contribution in [0.2, 0.25) is 0 Å². The van der Waals surface area contributed by atoms with Crippen LogP contribution in [0.25, 0.3) is 10.2 Å². The Kier molecular flexibility index (Phi) is 24.2. The Morgan fingerprint density at radius 3 is 1.64 bits per heavy atom. The van der Waals surface area contributed by atoms with Gasteiger partial charge in [-0.1, -0.05) is 0 Å². The minimum absolute atomic E-state index is 0.00568. The summed E-state index contributed by atoms with van der Waals surface area (Å²) in [4.78, 5) is 13.7. The molecule has 308 valence electrons. The van der Waals surface area contributed by atoms with E-state index in [1.54, 1.807) is 23.8 Å². The summed E-state index contributed by atoms with van der Waals surface area (Å²) in [5.41, 5.74) is 3.18. The fourth-order valence-corrected chi connectivity index (χ4v) is 5.97. The Morgan fingerprint density at radius 1 is 0.691 bits per heavy atom. The third-order valence-corrected chi connectivity index (χ3v) is 8.71. The topological polar surface area (TPSA) is 196 Å². The number of aliphatic carboxylic acids is 1. The number of thiazole rings is 1. The second-order valence-corrected chi connectivity index (χ2v) is 12.7. The van der Waals surface area contributed by atoms with Crippen LogP contribution in [0.5, 0.6) is 5.75 Å². The second kappa shape index (κ2) is 28.9. The Labute approximate surface area is 326 Å². The van der Waals surface area contributed by atoms with E-state index in [1.165, 1.54) is 11.3 Å². The largest absolute Gasteiger partial charge is 0.546 e. The number of hydrogen-bond acceptors (Lipinski definition) is 17. The molecule has 17 nitrogen and oxygen atoms in total. The first-order valence-electron chi connectivity index (χ1n) is 18.3. The summed E-state index contributed by atoms with van der Waals surface area (Å²) in [5, 5.41) is 38.3. The number of azo groups is 1. The van der Waals surface area contributed by atoms with Gasteiger partial charge in [0.1, 0.15) is 23.5 Å². The molecular weight excluding hydrogens is 740 g/mol. The van der Waals surface area contributed by atoms with Crippen LogP contribution in [-0.4, -0.2) is 155 Å². The number of fused-ring (bicyclic) bond motifs is 1. The second-order valence-electron chi connectivity index (χ2n) is 11.7. The maximum atomic E-state index is 11.5. The molecule has 1 aromatic heterocycles. The van der Waals surface area contributed by atoms with E-state index >= 15 is 0 Å². The molecule has 0 aliphatic carbocycles. The Morgan fingerprint density at radius 2 is 1.18 bits per heavy atom. The van der Waals surface area contributed by atoms with Crippen molar-refractivity contribution in [1.82, 2.24) is 0 Å². The van der Waals surface area contributed by atoms with Crippen molar-refractivity contribution in [3.8, 4) is 5.75 Å². The fraction of sp³-hybridized carbons (Fsp3) is 0.622. The van der Waals surface area contributed by atoms with E-state index in [-0.39, 0.29) is 19.8 Å². The van der Waals surface area contributed by atoms with Crippen molar-refractivity contribution in [2.45, 2.75) is 13.5 Å². The van der Waals surface area contributed by atoms with Gasteiger partial charge in [-0.15, -0.1) is 0 Å². The van der Waals surface area contributed by atoms with Crippen LogP contribution in [0.1, 0.15) is 5.56 Å². The number of anilines is 1. The number of aliphatic hydroxyl groups excluding tert-OH is 2. The minimum Gasteiger partial charge on any atom is -0.546 e. The highest BCUT2D eigenvalue weighted by Crippen LogP contribution is 2.32. The summed E-state index contributed by atoms with van der Waals surface area (Å²) in [6, 6.07) is 11.3. The summed E-state index contributed by atoms with van der Waals surface area (Å²) in [7, 11) is 1.58. The van der Waals surface area contributed by atoms with E-state index < -0.39 is 5.97 Å². The van der Waals surface area contributed by atoms with E-state index in [1.807, 2.05) is 31.2 Å². The average Bonchev–Trinajstić information content (AvgIpc) is 3.52. The molecule has 0 bridgehead atoms. The molecule has 2 N–H and O–H groups in total. The number of benzene rings is 2. The molecule has 1 heterocycles. The number of ether oxygens (including phenoxy) is 9. The van der Waals surface area contributed by atoms with Gasteiger partial charge in [0.15, 0.2) is 0 Å². The zero-order valence-electron chi connectivity index (χ0n) is 31.9. The number of aryl methyl sites for hydroxylation is 1. The summed E-state index contributed by atoms with van der Waals surface area (Å²) in [6.07, 6.45) is 0. The van der Waals surface area contributed by atoms with E-state index in [2.05, 4.69) is 15.1 Å². The predicted octanol–water partition coefficient (Wildman–Crippen LogP) is 1.59. The first-order valence-corrected chi connectivity index (χ1v) is 19.1. The molecule has 3 aromatic rings. The van der Waals surface area contributed by atoms with Crippen LogP contribution in [0, 0.1) is 6.92 Å². The van der Waals surface area contributed by atoms with Gasteiger partial charge in [-0.25, -0.2) is 4.57 Å². The highest BCUT2D eigenvalue weighted by molar-refractivity contribution is 7.21. The molecule has 3 rings (SSSR count). The monoisotopic (exact) mass is 796 g/mol. The molecular formula is C37H56N4O13S. The number of carbonyl (C=O) groups is 1. The van der Waals surface area contributed by atoms with Gasteiger partial charge in [0.25, 0.3) is 0 Å². The first-order chi connectivity index (χ1) is 27.0. The van der Waals surface area contributed by atoms with E-state index in [9.17, 15) is 9.90 Å². The lowest BCUT2D eigenvalue weighted by molar-refractivity contribution is -0.649. The van der Waals surface area contributed by atoms with Crippen LogP contribution < -0.4 is 19.3 Å². The van der Waals surface area contributed by atoms with Crippen LogP contribution in [0.15, 0.2) is 46.6 Å². The lowest BCUT2D eigenvalue weighted by atomic mass is 10.1. The first kappa shape index (κ1) is 46.0. The quantitative estimate of drug-likeness (QED) is 0.0503. The number of nitrogens with zero attached hydrogens (tertiary/aromatic N) is 4. The van der Waals surface area contributed by atoms with Gasteiger partial charge in [0, 0.05) is 24.8 Å². The third kappa shape index (κ3) is 18.9. The van der Waals surface area contributed by atoms with Gasteiger partial charge in [-0.05, 0) is 59.3 Å². The van der Waals surface area contributed by atoms with Gasteiger partial charge in [-0.3, -0.25) is 0 Å². The zero-order valence-corrected chi connectivity index (χ0v) is 32.7. The molecule has 0 fully saturated rings.